The van der Waals surface area contributed by atoms with E-state index in [2.05, 4.69) is 31.8 Å². The Bertz CT molecular complexity index is 767. The molecule has 2 aromatic rings. The monoisotopic (exact) mass is 354 g/mol. The molecule has 1 saturated carbocycles. The number of para-hydroxylation sites is 1. The predicted octanol–water partition coefficient (Wildman–Crippen LogP) is 1.75. The number of hydrogen-bond donors (Lipinski definition) is 2. The summed E-state index contributed by atoms with van der Waals surface area (Å²) in [6.07, 6.45) is 6.19. The van der Waals surface area contributed by atoms with Crippen molar-refractivity contribution in [1.82, 2.24) is 25.4 Å². The van der Waals surface area contributed by atoms with E-state index in [-0.39, 0.29) is 0 Å². The molecule has 0 amide bonds. The summed E-state index contributed by atoms with van der Waals surface area (Å²) in [6.45, 7) is 2.32. The number of hydrogen-bond acceptors (Lipinski definition) is 4. The Morgan fingerprint density at radius 3 is 3.04 bits per heavy atom. The molecule has 1 atom stereocenters. The van der Waals surface area contributed by atoms with Crippen LogP contribution in [0.5, 0.6) is 5.75 Å². The van der Waals surface area contributed by atoms with Crippen LogP contribution < -0.4 is 15.4 Å². The van der Waals surface area contributed by atoms with E-state index in [1.807, 2.05) is 22.9 Å². The van der Waals surface area contributed by atoms with E-state index in [0.29, 0.717) is 12.6 Å². The molecule has 7 heteroatoms. The number of aliphatic imine (C=N–C) groups is 1. The molecule has 7 nitrogen and oxygen atoms in total. The molecule has 2 N–H and O–H groups in total. The van der Waals surface area contributed by atoms with Crippen LogP contribution in [0.3, 0.4) is 0 Å². The molecule has 0 saturated heterocycles. The van der Waals surface area contributed by atoms with E-state index in [1.165, 1.54) is 12.8 Å². The van der Waals surface area contributed by atoms with Gasteiger partial charge in [-0.25, -0.2) is 9.67 Å². The lowest BCUT2D eigenvalue weighted by molar-refractivity contribution is 0.296. The molecule has 138 valence electrons. The van der Waals surface area contributed by atoms with Crippen LogP contribution in [0.15, 0.2) is 35.6 Å². The SMILES string of the molecule is CN=C(NCc1ccccc1OCC1CC1)NC1CCc2ncnn2C1. The van der Waals surface area contributed by atoms with Crippen LogP contribution >= 0.6 is 0 Å². The van der Waals surface area contributed by atoms with Crippen LogP contribution in [0.25, 0.3) is 0 Å². The zero-order chi connectivity index (χ0) is 17.8. The summed E-state index contributed by atoms with van der Waals surface area (Å²) in [4.78, 5) is 8.64. The minimum absolute atomic E-state index is 0.303. The molecule has 1 unspecified atom stereocenters. The normalized spacial score (nSPS) is 19.7. The lowest BCUT2D eigenvalue weighted by Crippen LogP contribution is -2.46. The zero-order valence-electron chi connectivity index (χ0n) is 15.2. The Morgan fingerprint density at radius 2 is 2.19 bits per heavy atom. The van der Waals surface area contributed by atoms with Gasteiger partial charge in [0.05, 0.1) is 13.2 Å². The van der Waals surface area contributed by atoms with Gasteiger partial charge in [0.2, 0.25) is 0 Å². The van der Waals surface area contributed by atoms with Crippen LogP contribution in [-0.2, 0) is 19.5 Å². The van der Waals surface area contributed by atoms with Crippen molar-refractivity contribution in [2.24, 2.45) is 10.9 Å². The summed E-state index contributed by atoms with van der Waals surface area (Å²) in [6, 6.07) is 8.52. The van der Waals surface area contributed by atoms with Gasteiger partial charge >= 0.3 is 0 Å². The van der Waals surface area contributed by atoms with Gasteiger partial charge in [0.25, 0.3) is 0 Å². The number of rotatable bonds is 6. The highest BCUT2D eigenvalue weighted by Gasteiger charge is 2.23. The Balaban J connectivity index is 1.31. The highest BCUT2D eigenvalue weighted by Crippen LogP contribution is 2.30. The molecular formula is C19H26N6O. The van der Waals surface area contributed by atoms with Crippen LogP contribution in [0.2, 0.25) is 0 Å². The highest BCUT2D eigenvalue weighted by molar-refractivity contribution is 5.80. The second-order valence-electron chi connectivity index (χ2n) is 7.03. The topological polar surface area (TPSA) is 76.4 Å². The number of aromatic nitrogens is 3. The van der Waals surface area contributed by atoms with Crippen molar-refractivity contribution in [3.8, 4) is 5.75 Å². The van der Waals surface area contributed by atoms with Gasteiger partial charge in [-0.05, 0) is 31.2 Å². The minimum atomic E-state index is 0.303. The Morgan fingerprint density at radius 1 is 1.31 bits per heavy atom. The lowest BCUT2D eigenvalue weighted by Gasteiger charge is -2.25. The summed E-state index contributed by atoms with van der Waals surface area (Å²) in [5.74, 6) is 3.58. The molecule has 4 rings (SSSR count). The van der Waals surface area contributed by atoms with Crippen molar-refractivity contribution in [2.45, 2.75) is 44.8 Å². The van der Waals surface area contributed by atoms with Gasteiger partial charge in [0.1, 0.15) is 17.9 Å². The molecule has 26 heavy (non-hydrogen) atoms. The van der Waals surface area contributed by atoms with E-state index in [1.54, 1.807) is 13.4 Å². The van der Waals surface area contributed by atoms with E-state index < -0.39 is 0 Å². The van der Waals surface area contributed by atoms with E-state index in [9.17, 15) is 0 Å². The van der Waals surface area contributed by atoms with Gasteiger partial charge in [-0.2, -0.15) is 5.10 Å². The largest absolute Gasteiger partial charge is 0.493 e. The third-order valence-electron chi connectivity index (χ3n) is 4.96. The fourth-order valence-electron chi connectivity index (χ4n) is 3.21. The second-order valence-corrected chi connectivity index (χ2v) is 7.03. The molecule has 2 aliphatic rings. The van der Waals surface area contributed by atoms with Crippen LogP contribution in [-0.4, -0.2) is 40.4 Å². The number of benzene rings is 1. The van der Waals surface area contributed by atoms with E-state index in [4.69, 9.17) is 4.74 Å². The maximum absolute atomic E-state index is 5.99. The molecule has 0 radical (unpaired) electrons. The fourth-order valence-corrected chi connectivity index (χ4v) is 3.21. The zero-order valence-corrected chi connectivity index (χ0v) is 15.2. The minimum Gasteiger partial charge on any atom is -0.493 e. The van der Waals surface area contributed by atoms with Gasteiger partial charge in [-0.1, -0.05) is 18.2 Å². The van der Waals surface area contributed by atoms with Gasteiger partial charge in [0.15, 0.2) is 5.96 Å². The third-order valence-corrected chi connectivity index (χ3v) is 4.96. The second kappa shape index (κ2) is 7.76. The third kappa shape index (κ3) is 4.15. The number of guanidine groups is 1. The molecule has 0 bridgehead atoms. The number of aryl methyl sites for hydroxylation is 1. The molecule has 2 heterocycles. The molecule has 1 aliphatic carbocycles. The van der Waals surface area contributed by atoms with Crippen molar-refractivity contribution >= 4 is 5.96 Å². The number of nitrogens with zero attached hydrogens (tertiary/aromatic N) is 4. The number of nitrogens with one attached hydrogen (secondary N) is 2. The van der Waals surface area contributed by atoms with Crippen LogP contribution in [0, 0.1) is 5.92 Å². The first-order valence-electron chi connectivity index (χ1n) is 9.36. The molecule has 1 aromatic heterocycles. The van der Waals surface area contributed by atoms with Gasteiger partial charge in [-0.3, -0.25) is 4.99 Å². The first kappa shape index (κ1) is 16.9. The Labute approximate surface area is 153 Å². The maximum atomic E-state index is 5.99. The first-order chi connectivity index (χ1) is 12.8. The smallest absolute Gasteiger partial charge is 0.191 e. The van der Waals surface area contributed by atoms with Gasteiger partial charge in [0, 0.05) is 31.6 Å². The maximum Gasteiger partial charge on any atom is 0.191 e. The number of fused-ring (bicyclic) bond motifs is 1. The molecule has 1 aliphatic heterocycles. The Hall–Kier alpha value is -2.57. The summed E-state index contributed by atoms with van der Waals surface area (Å²) in [7, 11) is 1.80. The summed E-state index contributed by atoms with van der Waals surface area (Å²) in [5.41, 5.74) is 1.15. The van der Waals surface area contributed by atoms with E-state index in [0.717, 1.165) is 55.0 Å². The summed E-state index contributed by atoms with van der Waals surface area (Å²) >= 11 is 0. The van der Waals surface area contributed by atoms with E-state index >= 15 is 0 Å². The average molecular weight is 354 g/mol. The van der Waals surface area contributed by atoms with Crippen molar-refractivity contribution < 1.29 is 4.74 Å². The first-order valence-corrected chi connectivity index (χ1v) is 9.36. The van der Waals surface area contributed by atoms with Crippen molar-refractivity contribution in [1.29, 1.82) is 0 Å². The standard InChI is InChI=1S/C19H26N6O/c1-20-19(24-16-8-9-18-22-13-23-25(18)11-16)21-10-15-4-2-3-5-17(15)26-12-14-6-7-14/h2-5,13-14,16H,6-12H2,1H3,(H2,20,21,24). The Kier molecular flexibility index (Phi) is 5.04. The summed E-state index contributed by atoms with van der Waals surface area (Å²) < 4.78 is 7.96. The van der Waals surface area contributed by atoms with Crippen LogP contribution in [0.1, 0.15) is 30.7 Å². The fraction of sp³-hybridized carbons (Fsp3) is 0.526. The van der Waals surface area contributed by atoms with Gasteiger partial charge in [-0.15, -0.1) is 0 Å². The average Bonchev–Trinajstić information content (AvgIpc) is 3.39. The molecular weight excluding hydrogens is 328 g/mol. The predicted molar refractivity (Wildman–Crippen MR) is 100 cm³/mol. The van der Waals surface area contributed by atoms with Crippen molar-refractivity contribution in [3.05, 3.63) is 42.0 Å². The highest BCUT2D eigenvalue weighted by atomic mass is 16.5. The molecule has 0 spiro atoms. The van der Waals surface area contributed by atoms with Gasteiger partial charge < -0.3 is 15.4 Å². The molecule has 1 aromatic carbocycles. The molecule has 1 fully saturated rings. The van der Waals surface area contributed by atoms with Crippen LogP contribution in [0.4, 0.5) is 0 Å². The quantitative estimate of drug-likeness (QED) is 0.610. The summed E-state index contributed by atoms with van der Waals surface area (Å²) in [5, 5.41) is 11.2. The number of ether oxygens (including phenoxy) is 1. The van der Waals surface area contributed by atoms with Crippen molar-refractivity contribution in [3.63, 3.8) is 0 Å². The lowest BCUT2D eigenvalue weighted by atomic mass is 10.1. The van der Waals surface area contributed by atoms with Crippen molar-refractivity contribution in [2.75, 3.05) is 13.7 Å².